The van der Waals surface area contributed by atoms with Crippen molar-refractivity contribution >= 4 is 50.5 Å². The molecule has 0 fully saturated rings. The first-order valence-electron chi connectivity index (χ1n) is 5.11. The topological polar surface area (TPSA) is 26.0 Å². The van der Waals surface area contributed by atoms with Crippen molar-refractivity contribution in [3.8, 4) is 0 Å². The van der Waals surface area contributed by atoms with Gasteiger partial charge < -0.3 is 5.73 Å². The zero-order valence-corrected chi connectivity index (χ0v) is 13.0. The Morgan fingerprint density at radius 2 is 2.00 bits per heavy atom. The second-order valence-corrected chi connectivity index (χ2v) is 7.07. The molecule has 0 bridgehead atoms. The molecule has 0 saturated heterocycles. The summed E-state index contributed by atoms with van der Waals surface area (Å²) in [5, 5.41) is 0. The summed E-state index contributed by atoms with van der Waals surface area (Å²) in [5.74, 6) is -0.291. The van der Waals surface area contributed by atoms with E-state index in [2.05, 4.69) is 15.9 Å². The quantitative estimate of drug-likeness (QED) is 0.791. The van der Waals surface area contributed by atoms with Crippen LogP contribution in [0, 0.1) is 5.82 Å². The standard InChI is InChI=1S/C12H9BrCl2FNS/c13-7-1-6(2-8(16)4-7)3-10(17)9-5-11(14)18-12(9)15/h1-2,4-5,10H,3,17H2. The second kappa shape index (κ2) is 5.88. The highest BCUT2D eigenvalue weighted by atomic mass is 79.9. The van der Waals surface area contributed by atoms with Gasteiger partial charge in [-0.2, -0.15) is 0 Å². The molecule has 6 heteroatoms. The van der Waals surface area contributed by atoms with Gasteiger partial charge in [0.05, 0.1) is 8.67 Å². The van der Waals surface area contributed by atoms with Crippen molar-refractivity contribution in [2.45, 2.75) is 12.5 Å². The first kappa shape index (κ1) is 14.3. The van der Waals surface area contributed by atoms with E-state index in [-0.39, 0.29) is 11.9 Å². The summed E-state index contributed by atoms with van der Waals surface area (Å²) < 4.78 is 15.1. The molecule has 2 aromatic rings. The zero-order valence-electron chi connectivity index (χ0n) is 9.09. The van der Waals surface area contributed by atoms with Crippen molar-refractivity contribution in [3.05, 3.63) is 54.4 Å². The molecule has 1 nitrogen and oxygen atoms in total. The van der Waals surface area contributed by atoms with Gasteiger partial charge in [0.2, 0.25) is 0 Å². The second-order valence-electron chi connectivity index (χ2n) is 3.87. The van der Waals surface area contributed by atoms with Gasteiger partial charge in [-0.05, 0) is 36.2 Å². The maximum atomic E-state index is 13.2. The van der Waals surface area contributed by atoms with Gasteiger partial charge in [0, 0.05) is 16.1 Å². The van der Waals surface area contributed by atoms with Crippen molar-refractivity contribution in [1.82, 2.24) is 0 Å². The van der Waals surface area contributed by atoms with Gasteiger partial charge in [0.1, 0.15) is 5.82 Å². The van der Waals surface area contributed by atoms with Crippen LogP contribution in [0.2, 0.25) is 8.67 Å². The Hall–Kier alpha value is -0.130. The Labute approximate surface area is 127 Å². The van der Waals surface area contributed by atoms with Gasteiger partial charge in [-0.15, -0.1) is 11.3 Å². The summed E-state index contributed by atoms with van der Waals surface area (Å²) in [6.07, 6.45) is 0.503. The number of thiophene rings is 1. The van der Waals surface area contributed by atoms with E-state index < -0.39 is 0 Å². The largest absolute Gasteiger partial charge is 0.324 e. The number of nitrogens with two attached hydrogens (primary N) is 1. The molecule has 0 spiro atoms. The Morgan fingerprint density at radius 3 is 2.56 bits per heavy atom. The molecular formula is C12H9BrCl2FNS. The van der Waals surface area contributed by atoms with E-state index in [9.17, 15) is 4.39 Å². The van der Waals surface area contributed by atoms with Crippen molar-refractivity contribution < 1.29 is 4.39 Å². The van der Waals surface area contributed by atoms with Crippen LogP contribution in [-0.4, -0.2) is 0 Å². The van der Waals surface area contributed by atoms with Crippen molar-refractivity contribution in [2.75, 3.05) is 0 Å². The highest BCUT2D eigenvalue weighted by Gasteiger charge is 2.15. The Morgan fingerprint density at radius 1 is 1.28 bits per heavy atom. The number of halogens is 4. The zero-order chi connectivity index (χ0) is 13.3. The SMILES string of the molecule is NC(Cc1cc(F)cc(Br)c1)c1cc(Cl)sc1Cl. The van der Waals surface area contributed by atoms with Crippen LogP contribution >= 0.6 is 50.5 Å². The lowest BCUT2D eigenvalue weighted by atomic mass is 10.0. The van der Waals surface area contributed by atoms with Crippen LogP contribution in [0.1, 0.15) is 17.2 Å². The molecule has 0 amide bonds. The molecule has 0 radical (unpaired) electrons. The lowest BCUT2D eigenvalue weighted by Gasteiger charge is -2.11. The lowest BCUT2D eigenvalue weighted by Crippen LogP contribution is -2.13. The van der Waals surface area contributed by atoms with Gasteiger partial charge in [0.15, 0.2) is 0 Å². The predicted octanol–water partition coefficient (Wildman–Crippen LogP) is 5.20. The van der Waals surface area contributed by atoms with Crippen LogP contribution in [-0.2, 0) is 6.42 Å². The Balaban J connectivity index is 2.20. The third kappa shape index (κ3) is 3.45. The first-order valence-corrected chi connectivity index (χ1v) is 7.47. The third-order valence-electron chi connectivity index (χ3n) is 2.46. The monoisotopic (exact) mass is 367 g/mol. The molecule has 2 N–H and O–H groups in total. The summed E-state index contributed by atoms with van der Waals surface area (Å²) in [5.41, 5.74) is 7.68. The van der Waals surface area contributed by atoms with Gasteiger partial charge >= 0.3 is 0 Å². The summed E-state index contributed by atoms with van der Waals surface area (Å²) >= 11 is 16.4. The maximum absolute atomic E-state index is 13.2. The predicted molar refractivity (Wildman–Crippen MR) is 79.1 cm³/mol. The minimum absolute atomic E-state index is 0.291. The molecule has 0 saturated carbocycles. The van der Waals surface area contributed by atoms with Crippen LogP contribution in [0.3, 0.4) is 0 Å². The molecule has 1 aromatic heterocycles. The summed E-state index contributed by atoms with van der Waals surface area (Å²) in [4.78, 5) is 0. The lowest BCUT2D eigenvalue weighted by molar-refractivity contribution is 0.621. The molecule has 1 heterocycles. The minimum atomic E-state index is -0.296. The van der Waals surface area contributed by atoms with Gasteiger partial charge in [-0.3, -0.25) is 0 Å². The van der Waals surface area contributed by atoms with E-state index in [1.54, 1.807) is 6.07 Å². The summed E-state index contributed by atoms with van der Waals surface area (Å²) in [6, 6.07) is 6.17. The third-order valence-corrected chi connectivity index (χ3v) is 4.44. The Kier molecular flexibility index (Phi) is 4.67. The highest BCUT2D eigenvalue weighted by molar-refractivity contribution is 9.10. The Bertz CT molecular complexity index is 553. The van der Waals surface area contributed by atoms with E-state index in [0.29, 0.717) is 19.6 Å². The van der Waals surface area contributed by atoms with Crippen LogP contribution in [0.25, 0.3) is 0 Å². The number of hydrogen-bond donors (Lipinski definition) is 1. The van der Waals surface area contributed by atoms with Crippen LogP contribution < -0.4 is 5.73 Å². The molecule has 1 unspecified atom stereocenters. The molecule has 0 aliphatic heterocycles. The fourth-order valence-electron chi connectivity index (χ4n) is 1.70. The van der Waals surface area contributed by atoms with E-state index in [1.807, 2.05) is 6.07 Å². The number of benzene rings is 1. The average Bonchev–Trinajstić information content (AvgIpc) is 2.56. The van der Waals surface area contributed by atoms with Crippen molar-refractivity contribution in [2.24, 2.45) is 5.73 Å². The summed E-state index contributed by atoms with van der Waals surface area (Å²) in [6.45, 7) is 0. The van der Waals surface area contributed by atoms with E-state index in [4.69, 9.17) is 28.9 Å². The van der Waals surface area contributed by atoms with E-state index in [0.717, 1.165) is 11.1 Å². The fraction of sp³-hybridized carbons (Fsp3) is 0.167. The highest BCUT2D eigenvalue weighted by Crippen LogP contribution is 2.35. The van der Waals surface area contributed by atoms with Crippen molar-refractivity contribution in [3.63, 3.8) is 0 Å². The first-order chi connectivity index (χ1) is 8.45. The fourth-order valence-corrected chi connectivity index (χ4v) is 3.81. The van der Waals surface area contributed by atoms with Gasteiger partial charge in [0.25, 0.3) is 0 Å². The molecule has 1 atom stereocenters. The number of hydrogen-bond acceptors (Lipinski definition) is 2. The number of rotatable bonds is 3. The molecular weight excluding hydrogens is 360 g/mol. The molecule has 0 aliphatic carbocycles. The molecule has 0 aliphatic rings. The van der Waals surface area contributed by atoms with Crippen LogP contribution in [0.15, 0.2) is 28.7 Å². The molecule has 18 heavy (non-hydrogen) atoms. The molecule has 96 valence electrons. The molecule has 2 rings (SSSR count). The van der Waals surface area contributed by atoms with Crippen LogP contribution in [0.5, 0.6) is 0 Å². The van der Waals surface area contributed by atoms with Gasteiger partial charge in [-0.25, -0.2) is 4.39 Å². The maximum Gasteiger partial charge on any atom is 0.124 e. The molecule has 1 aromatic carbocycles. The average molecular weight is 369 g/mol. The summed E-state index contributed by atoms with van der Waals surface area (Å²) in [7, 11) is 0. The van der Waals surface area contributed by atoms with Crippen molar-refractivity contribution in [1.29, 1.82) is 0 Å². The van der Waals surface area contributed by atoms with E-state index in [1.165, 1.54) is 23.5 Å². The normalized spacial score (nSPS) is 12.7. The minimum Gasteiger partial charge on any atom is -0.324 e. The van der Waals surface area contributed by atoms with E-state index >= 15 is 0 Å². The van der Waals surface area contributed by atoms with Crippen LogP contribution in [0.4, 0.5) is 4.39 Å². The van der Waals surface area contributed by atoms with Gasteiger partial charge in [-0.1, -0.05) is 39.1 Å². The smallest absolute Gasteiger partial charge is 0.124 e.